The van der Waals surface area contributed by atoms with Gasteiger partial charge in [0.15, 0.2) is 5.82 Å². The van der Waals surface area contributed by atoms with E-state index < -0.39 is 0 Å². The highest BCUT2D eigenvalue weighted by Crippen LogP contribution is 2.30. The third-order valence-corrected chi connectivity index (χ3v) is 3.60. The smallest absolute Gasteiger partial charge is 0.257 e. The van der Waals surface area contributed by atoms with Gasteiger partial charge >= 0.3 is 0 Å². The zero-order valence-electron chi connectivity index (χ0n) is 9.03. The SMILES string of the molecule is CCSc1snc(N)c1C(=O)NC(C)C. The molecule has 0 spiro atoms. The lowest BCUT2D eigenvalue weighted by molar-refractivity contribution is 0.0942. The van der Waals surface area contributed by atoms with Crippen LogP contribution in [-0.4, -0.2) is 22.1 Å². The first-order valence-electron chi connectivity index (χ1n) is 4.75. The molecular formula is C9H15N3OS2. The molecule has 6 heteroatoms. The number of nitrogens with one attached hydrogen (secondary N) is 1. The van der Waals surface area contributed by atoms with Crippen molar-refractivity contribution < 1.29 is 4.79 Å². The van der Waals surface area contributed by atoms with Gasteiger partial charge in [0.25, 0.3) is 5.91 Å². The lowest BCUT2D eigenvalue weighted by Gasteiger charge is -2.08. The van der Waals surface area contributed by atoms with Crippen molar-refractivity contribution >= 4 is 35.0 Å². The molecule has 84 valence electrons. The maximum Gasteiger partial charge on any atom is 0.257 e. The molecule has 1 rings (SSSR count). The summed E-state index contributed by atoms with van der Waals surface area (Å²) >= 11 is 2.88. The van der Waals surface area contributed by atoms with Crippen molar-refractivity contribution in [1.29, 1.82) is 0 Å². The minimum atomic E-state index is -0.132. The first kappa shape index (κ1) is 12.3. The Hall–Kier alpha value is -0.750. The average Bonchev–Trinajstić information content (AvgIpc) is 2.46. The minimum absolute atomic E-state index is 0.108. The van der Waals surface area contributed by atoms with Crippen LogP contribution in [0.1, 0.15) is 31.1 Å². The van der Waals surface area contributed by atoms with E-state index in [-0.39, 0.29) is 11.9 Å². The number of nitrogens with zero attached hydrogens (tertiary/aromatic N) is 1. The molecule has 0 unspecified atom stereocenters. The van der Waals surface area contributed by atoms with Gasteiger partial charge in [-0.15, -0.1) is 11.8 Å². The summed E-state index contributed by atoms with van der Waals surface area (Å²) in [6.45, 7) is 5.87. The molecule has 0 saturated heterocycles. The number of hydrogen-bond acceptors (Lipinski definition) is 5. The van der Waals surface area contributed by atoms with Gasteiger partial charge in [0, 0.05) is 6.04 Å². The van der Waals surface area contributed by atoms with Crippen LogP contribution >= 0.6 is 23.3 Å². The molecule has 4 nitrogen and oxygen atoms in total. The highest BCUT2D eigenvalue weighted by molar-refractivity contribution is 8.01. The number of nitrogens with two attached hydrogens (primary N) is 1. The Kier molecular flexibility index (Phi) is 4.41. The molecule has 0 aliphatic heterocycles. The van der Waals surface area contributed by atoms with Gasteiger partial charge in [-0.2, -0.15) is 4.37 Å². The largest absolute Gasteiger partial charge is 0.382 e. The summed E-state index contributed by atoms with van der Waals surface area (Å²) in [5.74, 6) is 1.10. The number of hydrogen-bond donors (Lipinski definition) is 2. The maximum absolute atomic E-state index is 11.8. The van der Waals surface area contributed by atoms with Gasteiger partial charge in [0.2, 0.25) is 0 Å². The fourth-order valence-electron chi connectivity index (χ4n) is 1.06. The summed E-state index contributed by atoms with van der Waals surface area (Å²) in [5, 5.41) is 2.82. The van der Waals surface area contributed by atoms with Crippen molar-refractivity contribution in [3.63, 3.8) is 0 Å². The van der Waals surface area contributed by atoms with Crippen molar-refractivity contribution in [3.8, 4) is 0 Å². The number of thioether (sulfide) groups is 1. The van der Waals surface area contributed by atoms with E-state index in [0.717, 1.165) is 9.96 Å². The summed E-state index contributed by atoms with van der Waals surface area (Å²) < 4.78 is 4.90. The highest BCUT2D eigenvalue weighted by atomic mass is 32.2. The normalized spacial score (nSPS) is 10.7. The van der Waals surface area contributed by atoms with Crippen molar-refractivity contribution in [2.45, 2.75) is 31.0 Å². The number of nitrogen functional groups attached to an aromatic ring is 1. The van der Waals surface area contributed by atoms with Crippen LogP contribution in [-0.2, 0) is 0 Å². The summed E-state index contributed by atoms with van der Waals surface area (Å²) in [5.41, 5.74) is 6.20. The van der Waals surface area contributed by atoms with Crippen LogP contribution in [0.25, 0.3) is 0 Å². The standard InChI is InChI=1S/C9H15N3OS2/c1-4-14-9-6(7(10)12-15-9)8(13)11-5(2)3/h5H,4H2,1-3H3,(H2,10,12)(H,11,13). The Balaban J connectivity index is 2.90. The van der Waals surface area contributed by atoms with Crippen molar-refractivity contribution in [2.24, 2.45) is 0 Å². The second-order valence-corrected chi connectivity index (χ2v) is 5.60. The third-order valence-electron chi connectivity index (χ3n) is 1.61. The van der Waals surface area contributed by atoms with Gasteiger partial charge in [0.05, 0.1) is 4.21 Å². The molecule has 3 N–H and O–H groups in total. The van der Waals surface area contributed by atoms with E-state index in [4.69, 9.17) is 5.73 Å². The maximum atomic E-state index is 11.8. The molecule has 1 amide bonds. The summed E-state index contributed by atoms with van der Waals surface area (Å²) in [7, 11) is 0. The van der Waals surface area contributed by atoms with Gasteiger partial charge in [0.1, 0.15) is 5.56 Å². The predicted octanol–water partition coefficient (Wildman–Crippen LogP) is 1.98. The molecule has 0 aliphatic rings. The highest BCUT2D eigenvalue weighted by Gasteiger charge is 2.19. The monoisotopic (exact) mass is 245 g/mol. The summed E-state index contributed by atoms with van der Waals surface area (Å²) in [6, 6.07) is 0.108. The first-order chi connectivity index (χ1) is 7.06. The quantitative estimate of drug-likeness (QED) is 0.796. The lowest BCUT2D eigenvalue weighted by atomic mass is 10.3. The van der Waals surface area contributed by atoms with Gasteiger partial charge in [-0.25, -0.2) is 0 Å². The average molecular weight is 245 g/mol. The number of carbonyl (C=O) groups is 1. The Morgan fingerprint density at radius 1 is 1.67 bits per heavy atom. The summed E-state index contributed by atoms with van der Waals surface area (Å²) in [4.78, 5) is 11.8. The van der Waals surface area contributed by atoms with Crippen molar-refractivity contribution in [1.82, 2.24) is 9.69 Å². The first-order valence-corrected chi connectivity index (χ1v) is 6.51. The number of aromatic nitrogens is 1. The molecule has 1 heterocycles. The number of anilines is 1. The molecule has 0 radical (unpaired) electrons. The van der Waals surface area contributed by atoms with Crippen LogP contribution in [0, 0.1) is 0 Å². The lowest BCUT2D eigenvalue weighted by Crippen LogP contribution is -2.30. The van der Waals surface area contributed by atoms with Gasteiger partial charge < -0.3 is 11.1 Å². The molecular weight excluding hydrogens is 230 g/mol. The number of carbonyl (C=O) groups excluding carboxylic acids is 1. The van der Waals surface area contributed by atoms with E-state index in [0.29, 0.717) is 11.4 Å². The van der Waals surface area contributed by atoms with Crippen LogP contribution in [0.2, 0.25) is 0 Å². The Morgan fingerprint density at radius 3 is 2.87 bits per heavy atom. The van der Waals surface area contributed by atoms with E-state index in [2.05, 4.69) is 9.69 Å². The van der Waals surface area contributed by atoms with Crippen LogP contribution < -0.4 is 11.1 Å². The Labute approximate surface area is 97.8 Å². The predicted molar refractivity (Wildman–Crippen MR) is 65.5 cm³/mol. The van der Waals surface area contributed by atoms with E-state index in [9.17, 15) is 4.79 Å². The van der Waals surface area contributed by atoms with Crippen LogP contribution in [0.5, 0.6) is 0 Å². The van der Waals surface area contributed by atoms with E-state index in [1.165, 1.54) is 11.5 Å². The topological polar surface area (TPSA) is 68.0 Å². The third kappa shape index (κ3) is 3.10. The second kappa shape index (κ2) is 5.37. The molecule has 0 bridgehead atoms. The van der Waals surface area contributed by atoms with E-state index >= 15 is 0 Å². The summed E-state index contributed by atoms with van der Waals surface area (Å²) in [6.07, 6.45) is 0. The molecule has 0 aromatic carbocycles. The Morgan fingerprint density at radius 2 is 2.33 bits per heavy atom. The molecule has 1 aromatic heterocycles. The van der Waals surface area contributed by atoms with E-state index in [1.807, 2.05) is 20.8 Å². The van der Waals surface area contributed by atoms with Crippen LogP contribution in [0.3, 0.4) is 0 Å². The van der Waals surface area contributed by atoms with Gasteiger partial charge in [-0.1, -0.05) is 6.92 Å². The van der Waals surface area contributed by atoms with Crippen molar-refractivity contribution in [3.05, 3.63) is 5.56 Å². The number of rotatable bonds is 4. The number of amides is 1. The molecule has 0 atom stereocenters. The Bertz CT molecular complexity index is 349. The zero-order valence-corrected chi connectivity index (χ0v) is 10.7. The van der Waals surface area contributed by atoms with Crippen LogP contribution in [0.15, 0.2) is 4.21 Å². The molecule has 1 aromatic rings. The van der Waals surface area contributed by atoms with Crippen molar-refractivity contribution in [2.75, 3.05) is 11.5 Å². The fourth-order valence-corrected chi connectivity index (χ4v) is 2.90. The van der Waals surface area contributed by atoms with Gasteiger partial charge in [-0.3, -0.25) is 4.79 Å². The zero-order chi connectivity index (χ0) is 11.4. The second-order valence-electron chi connectivity index (χ2n) is 3.29. The van der Waals surface area contributed by atoms with Gasteiger partial charge in [-0.05, 0) is 31.1 Å². The molecule has 15 heavy (non-hydrogen) atoms. The molecule has 0 aliphatic carbocycles. The molecule has 0 saturated carbocycles. The molecule has 0 fully saturated rings. The van der Waals surface area contributed by atoms with Crippen LogP contribution in [0.4, 0.5) is 5.82 Å². The van der Waals surface area contributed by atoms with E-state index in [1.54, 1.807) is 11.8 Å². The minimum Gasteiger partial charge on any atom is -0.382 e. The fraction of sp³-hybridized carbons (Fsp3) is 0.556.